The maximum atomic E-state index is 12.7. The normalized spacial score (nSPS) is 11.0. The maximum Gasteiger partial charge on any atom is 0.263 e. The van der Waals surface area contributed by atoms with Crippen LogP contribution in [0.5, 0.6) is 0 Å². The largest absolute Gasteiger partial charge is 0.311 e. The number of para-hydroxylation sites is 1. The first kappa shape index (κ1) is 16.0. The van der Waals surface area contributed by atoms with Crippen LogP contribution in [0.1, 0.15) is 29.3 Å². The van der Waals surface area contributed by atoms with Gasteiger partial charge in [0.05, 0.1) is 11.7 Å². The third-order valence-electron chi connectivity index (χ3n) is 4.07. The van der Waals surface area contributed by atoms with Crippen molar-refractivity contribution in [2.45, 2.75) is 26.8 Å². The molecule has 2 aromatic heterocycles. The maximum absolute atomic E-state index is 12.7. The van der Waals surface area contributed by atoms with E-state index >= 15 is 0 Å². The lowest BCUT2D eigenvalue weighted by atomic mass is 10.1. The lowest BCUT2D eigenvalue weighted by molar-refractivity contribution is 0.102. The molecule has 0 fully saturated rings. The number of amides is 1. The quantitative estimate of drug-likeness (QED) is 0.802. The van der Waals surface area contributed by atoms with Gasteiger partial charge >= 0.3 is 0 Å². The molecule has 0 saturated heterocycles. The van der Waals surface area contributed by atoms with E-state index in [1.807, 2.05) is 38.1 Å². The third-order valence-corrected chi connectivity index (χ3v) is 4.07. The SMILES string of the molecule is CCCn1ncc(C)c1NC(=O)c1cc2ccccc2n(C)c1=O. The lowest BCUT2D eigenvalue weighted by Crippen LogP contribution is -2.28. The third kappa shape index (κ3) is 2.71. The summed E-state index contributed by atoms with van der Waals surface area (Å²) in [5.74, 6) is 0.222. The first-order valence-electron chi connectivity index (χ1n) is 7.95. The molecular weight excluding hydrogens is 304 g/mol. The van der Waals surface area contributed by atoms with E-state index in [9.17, 15) is 9.59 Å². The molecule has 0 atom stereocenters. The van der Waals surface area contributed by atoms with Gasteiger partial charge in [0.15, 0.2) is 0 Å². The number of rotatable bonds is 4. The Labute approximate surface area is 139 Å². The van der Waals surface area contributed by atoms with E-state index in [-0.39, 0.29) is 11.1 Å². The van der Waals surface area contributed by atoms with Crippen molar-refractivity contribution in [2.24, 2.45) is 7.05 Å². The van der Waals surface area contributed by atoms with E-state index < -0.39 is 5.91 Å². The average molecular weight is 324 g/mol. The van der Waals surface area contributed by atoms with Crippen molar-refractivity contribution in [1.29, 1.82) is 0 Å². The van der Waals surface area contributed by atoms with Crippen molar-refractivity contribution >= 4 is 22.6 Å². The molecule has 124 valence electrons. The summed E-state index contributed by atoms with van der Waals surface area (Å²) >= 11 is 0. The fraction of sp³-hybridized carbons (Fsp3) is 0.278. The number of hydrogen-bond acceptors (Lipinski definition) is 3. The zero-order valence-corrected chi connectivity index (χ0v) is 14.0. The smallest absolute Gasteiger partial charge is 0.263 e. The second-order valence-corrected chi connectivity index (χ2v) is 5.83. The first-order chi connectivity index (χ1) is 11.5. The fourth-order valence-corrected chi connectivity index (χ4v) is 2.78. The Morgan fingerprint density at radius 1 is 1.29 bits per heavy atom. The van der Waals surface area contributed by atoms with Crippen molar-refractivity contribution < 1.29 is 4.79 Å². The van der Waals surface area contributed by atoms with Gasteiger partial charge in [-0.25, -0.2) is 4.68 Å². The summed E-state index contributed by atoms with van der Waals surface area (Å²) in [5, 5.41) is 7.95. The number of anilines is 1. The van der Waals surface area contributed by atoms with Crippen molar-refractivity contribution in [1.82, 2.24) is 14.3 Å². The molecule has 3 aromatic rings. The Bertz CT molecular complexity index is 969. The van der Waals surface area contributed by atoms with Crippen LogP contribution in [0.25, 0.3) is 10.9 Å². The summed E-state index contributed by atoms with van der Waals surface area (Å²) in [6.07, 6.45) is 2.62. The topological polar surface area (TPSA) is 68.9 Å². The number of benzene rings is 1. The number of aromatic nitrogens is 3. The zero-order chi connectivity index (χ0) is 17.3. The van der Waals surface area contributed by atoms with Crippen LogP contribution in [0.4, 0.5) is 5.82 Å². The van der Waals surface area contributed by atoms with E-state index in [1.54, 1.807) is 24.0 Å². The molecule has 0 unspecified atom stereocenters. The van der Waals surface area contributed by atoms with Crippen LogP contribution >= 0.6 is 0 Å². The van der Waals surface area contributed by atoms with Gasteiger partial charge in [0, 0.05) is 19.2 Å². The monoisotopic (exact) mass is 324 g/mol. The van der Waals surface area contributed by atoms with Crippen LogP contribution < -0.4 is 10.9 Å². The van der Waals surface area contributed by atoms with E-state index in [4.69, 9.17) is 0 Å². The summed E-state index contributed by atoms with van der Waals surface area (Å²) in [4.78, 5) is 25.2. The molecule has 0 aliphatic rings. The van der Waals surface area contributed by atoms with E-state index in [0.717, 1.165) is 22.9 Å². The van der Waals surface area contributed by atoms with E-state index in [0.29, 0.717) is 12.4 Å². The van der Waals surface area contributed by atoms with Crippen LogP contribution in [0.15, 0.2) is 41.3 Å². The van der Waals surface area contributed by atoms with Crippen LogP contribution in [-0.2, 0) is 13.6 Å². The minimum absolute atomic E-state index is 0.125. The molecule has 24 heavy (non-hydrogen) atoms. The highest BCUT2D eigenvalue weighted by molar-refractivity contribution is 6.05. The van der Waals surface area contributed by atoms with Gasteiger partial charge in [-0.1, -0.05) is 25.1 Å². The van der Waals surface area contributed by atoms with Crippen LogP contribution in [0, 0.1) is 6.92 Å². The Kier molecular flexibility index (Phi) is 4.20. The van der Waals surface area contributed by atoms with Crippen LogP contribution in [0.2, 0.25) is 0 Å². The molecule has 0 bridgehead atoms. The fourth-order valence-electron chi connectivity index (χ4n) is 2.78. The van der Waals surface area contributed by atoms with Gasteiger partial charge < -0.3 is 9.88 Å². The highest BCUT2D eigenvalue weighted by Gasteiger charge is 2.17. The molecule has 0 aliphatic heterocycles. The molecule has 1 aromatic carbocycles. The minimum atomic E-state index is -0.415. The van der Waals surface area contributed by atoms with Gasteiger partial charge in [-0.15, -0.1) is 0 Å². The van der Waals surface area contributed by atoms with Gasteiger partial charge in [0.25, 0.3) is 11.5 Å². The summed E-state index contributed by atoms with van der Waals surface area (Å²) in [6, 6.07) is 9.14. The predicted molar refractivity (Wildman–Crippen MR) is 94.4 cm³/mol. The van der Waals surface area contributed by atoms with Gasteiger partial charge in [-0.2, -0.15) is 5.10 Å². The summed E-state index contributed by atoms with van der Waals surface area (Å²) in [6.45, 7) is 4.63. The Hall–Kier alpha value is -2.89. The molecule has 6 heteroatoms. The van der Waals surface area contributed by atoms with Gasteiger partial charge in [-0.3, -0.25) is 9.59 Å². The van der Waals surface area contributed by atoms with Crippen molar-refractivity contribution in [3.8, 4) is 0 Å². The number of nitrogens with zero attached hydrogens (tertiary/aromatic N) is 3. The number of pyridine rings is 1. The number of fused-ring (bicyclic) bond motifs is 1. The van der Waals surface area contributed by atoms with Gasteiger partial charge in [0.2, 0.25) is 0 Å². The summed E-state index contributed by atoms with van der Waals surface area (Å²) < 4.78 is 3.25. The first-order valence-corrected chi connectivity index (χ1v) is 7.95. The standard InChI is InChI=1S/C18H20N4O2/c1-4-9-22-16(12(2)11-19-22)20-17(23)14-10-13-7-5-6-8-15(13)21(3)18(14)24/h5-8,10-11H,4,9H2,1-3H3,(H,20,23). The molecule has 1 N–H and O–H groups in total. The van der Waals surface area contributed by atoms with E-state index in [1.165, 1.54) is 4.57 Å². The van der Waals surface area contributed by atoms with E-state index in [2.05, 4.69) is 10.4 Å². The molecule has 0 aliphatic carbocycles. The summed E-state index contributed by atoms with van der Waals surface area (Å²) in [7, 11) is 1.67. The molecule has 0 radical (unpaired) electrons. The Balaban J connectivity index is 2.02. The minimum Gasteiger partial charge on any atom is -0.311 e. The number of nitrogens with one attached hydrogen (secondary N) is 1. The van der Waals surface area contributed by atoms with Crippen LogP contribution in [-0.4, -0.2) is 20.3 Å². The number of carbonyl (C=O) groups is 1. The number of aryl methyl sites for hydroxylation is 3. The number of hydrogen-bond donors (Lipinski definition) is 1. The van der Waals surface area contributed by atoms with Crippen molar-refractivity contribution in [2.75, 3.05) is 5.32 Å². The Morgan fingerprint density at radius 2 is 2.04 bits per heavy atom. The number of carbonyl (C=O) groups excluding carboxylic acids is 1. The predicted octanol–water partition coefficient (Wildman–Crippen LogP) is 2.71. The van der Waals surface area contributed by atoms with Crippen molar-refractivity contribution in [3.63, 3.8) is 0 Å². The molecular formula is C18H20N4O2. The van der Waals surface area contributed by atoms with Gasteiger partial charge in [-0.05, 0) is 30.9 Å². The second-order valence-electron chi connectivity index (χ2n) is 5.83. The second kappa shape index (κ2) is 6.31. The highest BCUT2D eigenvalue weighted by Crippen LogP contribution is 2.17. The molecule has 1 amide bonds. The zero-order valence-electron chi connectivity index (χ0n) is 14.0. The van der Waals surface area contributed by atoms with Gasteiger partial charge in [0.1, 0.15) is 11.4 Å². The molecule has 2 heterocycles. The molecule has 6 nitrogen and oxygen atoms in total. The van der Waals surface area contributed by atoms with Crippen LogP contribution in [0.3, 0.4) is 0 Å². The molecule has 0 saturated carbocycles. The Morgan fingerprint density at radius 3 is 2.79 bits per heavy atom. The average Bonchev–Trinajstić information content (AvgIpc) is 2.91. The highest BCUT2D eigenvalue weighted by atomic mass is 16.2. The summed E-state index contributed by atoms with van der Waals surface area (Å²) in [5.41, 5.74) is 1.48. The molecule has 0 spiro atoms. The van der Waals surface area contributed by atoms with Crippen molar-refractivity contribution in [3.05, 3.63) is 58.0 Å². The molecule has 3 rings (SSSR count). The lowest BCUT2D eigenvalue weighted by Gasteiger charge is -2.11.